The number of amides is 3. The lowest BCUT2D eigenvalue weighted by molar-refractivity contribution is -0.154. The summed E-state index contributed by atoms with van der Waals surface area (Å²) >= 11 is 0. The molecule has 0 bridgehead atoms. The van der Waals surface area contributed by atoms with Crippen LogP contribution < -0.4 is 21.1 Å². The van der Waals surface area contributed by atoms with E-state index in [1.54, 1.807) is 6.07 Å². The van der Waals surface area contributed by atoms with Gasteiger partial charge in [-0.05, 0) is 29.8 Å². The number of halogens is 3. The summed E-state index contributed by atoms with van der Waals surface area (Å²) in [6.07, 6.45) is -4.65. The molecular weight excluding hydrogens is 351 g/mol. The van der Waals surface area contributed by atoms with Crippen molar-refractivity contribution in [2.45, 2.75) is 12.2 Å². The summed E-state index contributed by atoms with van der Waals surface area (Å²) in [6, 6.07) is 9.63. The molecule has 0 radical (unpaired) electrons. The molecule has 6 nitrogen and oxygen atoms in total. The molecule has 3 amide bonds. The van der Waals surface area contributed by atoms with Crippen LogP contribution in [0.4, 0.5) is 23.7 Å². The highest BCUT2D eigenvalue weighted by atomic mass is 19.4. The predicted molar refractivity (Wildman–Crippen MR) is 88.5 cm³/mol. The van der Waals surface area contributed by atoms with Gasteiger partial charge in [0.1, 0.15) is 5.75 Å². The Bertz CT molecular complexity index is 749. The van der Waals surface area contributed by atoms with Gasteiger partial charge in [0.05, 0.1) is 0 Å². The Morgan fingerprint density at radius 3 is 2.19 bits per heavy atom. The summed E-state index contributed by atoms with van der Waals surface area (Å²) in [5.74, 6) is -0.321. The number of carbonyl (C=O) groups excluding carboxylic acids is 2. The van der Waals surface area contributed by atoms with E-state index in [1.807, 2.05) is 5.32 Å². The van der Waals surface area contributed by atoms with Gasteiger partial charge in [0.2, 0.25) is 0 Å². The number of primary amides is 1. The number of hydrogen-bond acceptors (Lipinski definition) is 3. The van der Waals surface area contributed by atoms with Crippen LogP contribution in [0.2, 0.25) is 0 Å². The van der Waals surface area contributed by atoms with Gasteiger partial charge in [-0.3, -0.25) is 4.79 Å². The summed E-state index contributed by atoms with van der Waals surface area (Å²) < 4.78 is 44.7. The second kappa shape index (κ2) is 8.24. The van der Waals surface area contributed by atoms with E-state index >= 15 is 0 Å². The normalized spacial score (nSPS) is 12.1. The molecule has 26 heavy (non-hydrogen) atoms. The van der Waals surface area contributed by atoms with Crippen LogP contribution in [0.15, 0.2) is 54.6 Å². The lowest BCUT2D eigenvalue weighted by Crippen LogP contribution is -2.40. The van der Waals surface area contributed by atoms with Crippen molar-refractivity contribution in [2.24, 2.45) is 5.73 Å². The fourth-order valence-corrected chi connectivity index (χ4v) is 2.09. The molecule has 2 aromatic rings. The zero-order valence-electron chi connectivity index (χ0n) is 13.4. The third kappa shape index (κ3) is 5.69. The van der Waals surface area contributed by atoms with Crippen molar-refractivity contribution in [2.75, 3.05) is 11.9 Å². The summed E-state index contributed by atoms with van der Waals surface area (Å²) in [5.41, 5.74) is 5.12. The van der Waals surface area contributed by atoms with E-state index in [1.165, 1.54) is 48.5 Å². The average Bonchev–Trinajstić information content (AvgIpc) is 2.59. The summed E-state index contributed by atoms with van der Waals surface area (Å²) in [7, 11) is 0. The molecule has 2 aromatic carbocycles. The van der Waals surface area contributed by atoms with Crippen LogP contribution in [0.3, 0.4) is 0 Å². The molecule has 0 heterocycles. The van der Waals surface area contributed by atoms with Gasteiger partial charge >= 0.3 is 12.2 Å². The lowest BCUT2D eigenvalue weighted by Gasteiger charge is -2.22. The Hall–Kier alpha value is -3.23. The Kier molecular flexibility index (Phi) is 6.05. The third-order valence-electron chi connectivity index (χ3n) is 3.23. The first-order valence-electron chi connectivity index (χ1n) is 7.46. The molecule has 0 aliphatic carbocycles. The molecular formula is C17H16F3N3O3. The van der Waals surface area contributed by atoms with Gasteiger partial charge in [-0.1, -0.05) is 30.3 Å². The number of anilines is 1. The molecule has 0 fully saturated rings. The number of carbonyl (C=O) groups is 2. The van der Waals surface area contributed by atoms with Gasteiger partial charge in [-0.15, -0.1) is 0 Å². The number of rotatable bonds is 6. The maximum absolute atomic E-state index is 13.2. The van der Waals surface area contributed by atoms with Gasteiger partial charge < -0.3 is 21.1 Å². The zero-order valence-corrected chi connectivity index (χ0v) is 13.4. The fraction of sp³-hybridized carbons (Fsp3) is 0.176. The van der Waals surface area contributed by atoms with E-state index in [2.05, 4.69) is 5.32 Å². The molecule has 1 atom stereocenters. The maximum Gasteiger partial charge on any atom is 0.412 e. The second-order valence-electron chi connectivity index (χ2n) is 5.26. The highest BCUT2D eigenvalue weighted by molar-refractivity contribution is 5.89. The minimum Gasteiger partial charge on any atom is -0.484 e. The molecule has 138 valence electrons. The van der Waals surface area contributed by atoms with Gasteiger partial charge in [-0.25, -0.2) is 4.79 Å². The van der Waals surface area contributed by atoms with Crippen molar-refractivity contribution < 1.29 is 27.5 Å². The van der Waals surface area contributed by atoms with Crippen molar-refractivity contribution in [3.63, 3.8) is 0 Å². The van der Waals surface area contributed by atoms with Crippen LogP contribution in [0.25, 0.3) is 0 Å². The van der Waals surface area contributed by atoms with E-state index in [9.17, 15) is 22.8 Å². The van der Waals surface area contributed by atoms with Crippen molar-refractivity contribution in [3.05, 3.63) is 60.2 Å². The summed E-state index contributed by atoms with van der Waals surface area (Å²) in [6.45, 7) is -0.308. The number of urea groups is 1. The van der Waals surface area contributed by atoms with Crippen molar-refractivity contribution >= 4 is 17.6 Å². The molecule has 0 saturated carbocycles. The Morgan fingerprint density at radius 2 is 1.65 bits per heavy atom. The zero-order chi connectivity index (χ0) is 19.2. The van der Waals surface area contributed by atoms with E-state index in [0.717, 1.165) is 0 Å². The van der Waals surface area contributed by atoms with Crippen molar-refractivity contribution in [1.82, 2.24) is 5.32 Å². The lowest BCUT2D eigenvalue weighted by atomic mass is 10.1. The molecule has 0 saturated heterocycles. The SMILES string of the molecule is NC(=O)COc1ccc(NC(=O)NC(c2ccccc2)C(F)(F)F)cc1. The van der Waals surface area contributed by atoms with Crippen LogP contribution in [-0.2, 0) is 4.79 Å². The Morgan fingerprint density at radius 1 is 1.04 bits per heavy atom. The average molecular weight is 367 g/mol. The van der Waals surface area contributed by atoms with Crippen LogP contribution in [0, 0.1) is 0 Å². The number of alkyl halides is 3. The highest BCUT2D eigenvalue weighted by Gasteiger charge is 2.41. The van der Waals surface area contributed by atoms with Crippen molar-refractivity contribution in [1.29, 1.82) is 0 Å². The predicted octanol–water partition coefficient (Wildman–Crippen LogP) is 2.98. The summed E-state index contributed by atoms with van der Waals surface area (Å²) in [4.78, 5) is 22.6. The molecule has 0 aromatic heterocycles. The first-order valence-corrected chi connectivity index (χ1v) is 7.46. The number of nitrogens with two attached hydrogens (primary N) is 1. The van der Waals surface area contributed by atoms with E-state index in [-0.39, 0.29) is 17.9 Å². The topological polar surface area (TPSA) is 93.5 Å². The minimum atomic E-state index is -4.65. The highest BCUT2D eigenvalue weighted by Crippen LogP contribution is 2.32. The molecule has 1 unspecified atom stereocenters. The molecule has 0 spiro atoms. The molecule has 9 heteroatoms. The first-order chi connectivity index (χ1) is 12.3. The van der Waals surface area contributed by atoms with E-state index < -0.39 is 24.2 Å². The van der Waals surface area contributed by atoms with Gasteiger partial charge in [0, 0.05) is 5.69 Å². The number of ether oxygens (including phenoxy) is 1. The second-order valence-corrected chi connectivity index (χ2v) is 5.26. The van der Waals surface area contributed by atoms with Gasteiger partial charge in [-0.2, -0.15) is 13.2 Å². The minimum absolute atomic E-state index is 0.0784. The van der Waals surface area contributed by atoms with Crippen LogP contribution >= 0.6 is 0 Å². The molecule has 4 N–H and O–H groups in total. The number of nitrogens with one attached hydrogen (secondary N) is 2. The van der Waals surface area contributed by atoms with E-state index in [4.69, 9.17) is 10.5 Å². The Labute approximate surface area is 147 Å². The molecule has 0 aliphatic heterocycles. The Balaban J connectivity index is 2.01. The summed E-state index contributed by atoms with van der Waals surface area (Å²) in [5, 5.41) is 4.22. The smallest absolute Gasteiger partial charge is 0.412 e. The van der Waals surface area contributed by atoms with Crippen molar-refractivity contribution in [3.8, 4) is 5.75 Å². The quantitative estimate of drug-likeness (QED) is 0.733. The maximum atomic E-state index is 13.2. The van der Waals surface area contributed by atoms with Gasteiger partial charge in [0.15, 0.2) is 12.6 Å². The molecule has 0 aliphatic rings. The first kappa shape index (κ1) is 19.1. The molecule has 2 rings (SSSR count). The van der Waals surface area contributed by atoms with Gasteiger partial charge in [0.25, 0.3) is 5.91 Å². The van der Waals surface area contributed by atoms with Crippen LogP contribution in [0.5, 0.6) is 5.75 Å². The number of hydrogen-bond donors (Lipinski definition) is 3. The standard InChI is InChI=1S/C17H16F3N3O3/c18-17(19,20)15(11-4-2-1-3-5-11)23-16(25)22-12-6-8-13(9-7-12)26-10-14(21)24/h1-9,15H,10H2,(H2,21,24)(H2,22,23,25). The monoisotopic (exact) mass is 367 g/mol. The largest absolute Gasteiger partial charge is 0.484 e. The van der Waals surface area contributed by atoms with E-state index in [0.29, 0.717) is 5.75 Å². The van der Waals surface area contributed by atoms with Crippen LogP contribution in [-0.4, -0.2) is 24.7 Å². The van der Waals surface area contributed by atoms with Crippen LogP contribution in [0.1, 0.15) is 11.6 Å². The number of benzene rings is 2. The third-order valence-corrected chi connectivity index (χ3v) is 3.23. The fourth-order valence-electron chi connectivity index (χ4n) is 2.09.